The standard InChI is InChI=1S/C16H30O9S2/c1-2-3-4-22-15-13(21)11(19)14(8(6-27)24-15)25-16-12(20)10(18)9(17)7(5-26)23-16/h7-21,26-27H,2-6H2,1H3/t7?,8?,9-,10?,11?,12-,13-,14+,15+,16-/m0/s1. The molecule has 9 nitrogen and oxygen atoms in total. The Hall–Kier alpha value is 0.340. The second-order valence-corrected chi connectivity index (χ2v) is 7.46. The first-order valence-corrected chi connectivity index (χ1v) is 10.3. The van der Waals surface area contributed by atoms with Gasteiger partial charge in [0.15, 0.2) is 12.6 Å². The second kappa shape index (κ2) is 10.9. The quantitative estimate of drug-likeness (QED) is 0.177. The average molecular weight is 431 g/mol. The van der Waals surface area contributed by atoms with Crippen molar-refractivity contribution in [3.8, 4) is 0 Å². The Kier molecular flexibility index (Phi) is 9.56. The third-order valence-corrected chi connectivity index (χ3v) is 5.46. The molecule has 2 aliphatic heterocycles. The maximum absolute atomic E-state index is 10.5. The van der Waals surface area contributed by atoms with Gasteiger partial charge in [-0.2, -0.15) is 25.3 Å². The molecule has 2 heterocycles. The van der Waals surface area contributed by atoms with E-state index in [4.69, 9.17) is 18.9 Å². The molecule has 5 N–H and O–H groups in total. The van der Waals surface area contributed by atoms with Crippen molar-refractivity contribution in [2.24, 2.45) is 0 Å². The van der Waals surface area contributed by atoms with Gasteiger partial charge in [-0.25, -0.2) is 0 Å². The van der Waals surface area contributed by atoms with Crippen LogP contribution in [-0.2, 0) is 18.9 Å². The zero-order valence-corrected chi connectivity index (χ0v) is 16.9. The van der Waals surface area contributed by atoms with Crippen LogP contribution < -0.4 is 0 Å². The van der Waals surface area contributed by atoms with Crippen molar-refractivity contribution in [3.63, 3.8) is 0 Å². The number of ether oxygens (including phenoxy) is 4. The Bertz CT molecular complexity index is 442. The largest absolute Gasteiger partial charge is 0.388 e. The molecule has 0 aromatic heterocycles. The van der Waals surface area contributed by atoms with E-state index >= 15 is 0 Å². The van der Waals surface area contributed by atoms with Gasteiger partial charge in [-0.3, -0.25) is 0 Å². The Morgan fingerprint density at radius 2 is 1.37 bits per heavy atom. The lowest BCUT2D eigenvalue weighted by molar-refractivity contribution is -0.351. The summed E-state index contributed by atoms with van der Waals surface area (Å²) >= 11 is 8.24. The summed E-state index contributed by atoms with van der Waals surface area (Å²) in [4.78, 5) is 0. The number of aliphatic hydroxyl groups is 5. The van der Waals surface area contributed by atoms with E-state index in [1.54, 1.807) is 0 Å². The van der Waals surface area contributed by atoms with Crippen molar-refractivity contribution in [2.45, 2.75) is 81.2 Å². The van der Waals surface area contributed by atoms with Crippen LogP contribution in [0.15, 0.2) is 0 Å². The first kappa shape index (κ1) is 23.6. The van der Waals surface area contributed by atoms with Gasteiger partial charge in [-0.15, -0.1) is 0 Å². The molecule has 0 radical (unpaired) electrons. The molecule has 0 spiro atoms. The fourth-order valence-corrected chi connectivity index (χ4v) is 3.63. The summed E-state index contributed by atoms with van der Waals surface area (Å²) in [7, 11) is 0. The van der Waals surface area contributed by atoms with Crippen LogP contribution in [0, 0.1) is 0 Å². The van der Waals surface area contributed by atoms with E-state index in [1.165, 1.54) is 0 Å². The van der Waals surface area contributed by atoms with E-state index in [1.807, 2.05) is 6.92 Å². The first-order valence-electron chi connectivity index (χ1n) is 9.05. The molecular formula is C16H30O9S2. The third-order valence-electron chi connectivity index (χ3n) is 4.74. The Balaban J connectivity index is 2.06. The van der Waals surface area contributed by atoms with E-state index in [-0.39, 0.29) is 11.5 Å². The molecular weight excluding hydrogens is 400 g/mol. The minimum atomic E-state index is -1.56. The molecule has 27 heavy (non-hydrogen) atoms. The highest BCUT2D eigenvalue weighted by Crippen LogP contribution is 2.30. The lowest BCUT2D eigenvalue weighted by Gasteiger charge is -2.46. The summed E-state index contributed by atoms with van der Waals surface area (Å²) < 4.78 is 22.2. The smallest absolute Gasteiger partial charge is 0.187 e. The minimum Gasteiger partial charge on any atom is -0.388 e. The number of hydrogen-bond donors (Lipinski definition) is 7. The van der Waals surface area contributed by atoms with E-state index in [0.29, 0.717) is 6.61 Å². The van der Waals surface area contributed by atoms with E-state index in [0.717, 1.165) is 12.8 Å². The fourth-order valence-electron chi connectivity index (χ4n) is 3.04. The molecule has 2 fully saturated rings. The number of hydrogen-bond acceptors (Lipinski definition) is 11. The average Bonchev–Trinajstić information content (AvgIpc) is 2.67. The molecule has 160 valence electrons. The first-order chi connectivity index (χ1) is 12.8. The monoisotopic (exact) mass is 430 g/mol. The second-order valence-electron chi connectivity index (χ2n) is 6.73. The van der Waals surface area contributed by atoms with Crippen molar-refractivity contribution in [3.05, 3.63) is 0 Å². The normalized spacial score (nSPS) is 45.8. The van der Waals surface area contributed by atoms with Crippen molar-refractivity contribution < 1.29 is 44.5 Å². The Labute approximate surface area is 169 Å². The molecule has 2 aliphatic rings. The molecule has 11 heteroatoms. The number of unbranched alkanes of at least 4 members (excludes halogenated alkanes) is 1. The summed E-state index contributed by atoms with van der Waals surface area (Å²) in [5, 5.41) is 50.8. The van der Waals surface area contributed by atoms with Gasteiger partial charge < -0.3 is 44.5 Å². The summed E-state index contributed by atoms with van der Waals surface area (Å²) in [5.74, 6) is 0.229. The van der Waals surface area contributed by atoms with E-state index in [2.05, 4.69) is 25.3 Å². The fraction of sp³-hybridized carbons (Fsp3) is 1.00. The molecule has 0 aromatic rings. The zero-order chi connectivity index (χ0) is 20.1. The van der Waals surface area contributed by atoms with E-state index < -0.39 is 61.4 Å². The van der Waals surface area contributed by atoms with Crippen LogP contribution in [0.2, 0.25) is 0 Å². The molecule has 0 aromatic carbocycles. The molecule has 0 saturated carbocycles. The maximum Gasteiger partial charge on any atom is 0.187 e. The molecule has 0 bridgehead atoms. The van der Waals surface area contributed by atoms with Gasteiger partial charge in [0.05, 0.1) is 12.2 Å². The van der Waals surface area contributed by atoms with E-state index in [9.17, 15) is 25.5 Å². The topological polar surface area (TPSA) is 138 Å². The van der Waals surface area contributed by atoms with Crippen LogP contribution in [0.3, 0.4) is 0 Å². The van der Waals surface area contributed by atoms with Crippen LogP contribution in [0.25, 0.3) is 0 Å². The molecule has 0 amide bonds. The lowest BCUT2D eigenvalue weighted by atomic mass is 9.97. The van der Waals surface area contributed by atoms with Crippen LogP contribution in [0.1, 0.15) is 19.8 Å². The van der Waals surface area contributed by atoms with Gasteiger partial charge >= 0.3 is 0 Å². The van der Waals surface area contributed by atoms with Gasteiger partial charge in [0, 0.05) is 18.1 Å². The highest BCUT2D eigenvalue weighted by molar-refractivity contribution is 7.80. The summed E-state index contributed by atoms with van der Waals surface area (Å²) in [6.07, 6.45) is -10.6. The Morgan fingerprint density at radius 3 is 1.96 bits per heavy atom. The van der Waals surface area contributed by atoms with Crippen LogP contribution >= 0.6 is 25.3 Å². The summed E-state index contributed by atoms with van der Waals surface area (Å²) in [5.41, 5.74) is 0. The highest BCUT2D eigenvalue weighted by atomic mass is 32.1. The maximum atomic E-state index is 10.5. The predicted octanol–water partition coefficient (Wildman–Crippen LogP) is -1.70. The number of rotatable bonds is 8. The minimum absolute atomic E-state index is 0.0838. The summed E-state index contributed by atoms with van der Waals surface area (Å²) in [6.45, 7) is 2.36. The van der Waals surface area contributed by atoms with Crippen molar-refractivity contribution in [1.82, 2.24) is 0 Å². The molecule has 0 aliphatic carbocycles. The zero-order valence-electron chi connectivity index (χ0n) is 15.1. The summed E-state index contributed by atoms with van der Waals surface area (Å²) in [6, 6.07) is 0. The van der Waals surface area contributed by atoms with Crippen LogP contribution in [-0.4, -0.2) is 105 Å². The van der Waals surface area contributed by atoms with Gasteiger partial charge in [-0.1, -0.05) is 13.3 Å². The third kappa shape index (κ3) is 5.48. The van der Waals surface area contributed by atoms with Gasteiger partial charge in [-0.05, 0) is 6.42 Å². The van der Waals surface area contributed by atoms with Gasteiger partial charge in [0.1, 0.15) is 36.6 Å². The Morgan fingerprint density at radius 1 is 0.778 bits per heavy atom. The molecule has 10 atom stereocenters. The molecule has 2 rings (SSSR count). The van der Waals surface area contributed by atoms with Crippen LogP contribution in [0.5, 0.6) is 0 Å². The van der Waals surface area contributed by atoms with Crippen LogP contribution in [0.4, 0.5) is 0 Å². The van der Waals surface area contributed by atoms with Crippen molar-refractivity contribution >= 4 is 25.3 Å². The molecule has 4 unspecified atom stereocenters. The van der Waals surface area contributed by atoms with Crippen molar-refractivity contribution in [1.29, 1.82) is 0 Å². The number of thiol groups is 2. The van der Waals surface area contributed by atoms with Gasteiger partial charge in [0.2, 0.25) is 0 Å². The molecule has 2 saturated heterocycles. The SMILES string of the molecule is CCCCO[C@@H]1OC(CS)[C@@H](O[C@@H]2OC(CS)[C@H](O)C(O)[C@@H]2O)C(O)[C@@H]1O. The van der Waals surface area contributed by atoms with Gasteiger partial charge in [0.25, 0.3) is 0 Å². The number of aliphatic hydroxyl groups excluding tert-OH is 5. The van der Waals surface area contributed by atoms with Crippen molar-refractivity contribution in [2.75, 3.05) is 18.1 Å². The highest BCUT2D eigenvalue weighted by Gasteiger charge is 2.50. The predicted molar refractivity (Wildman–Crippen MR) is 101 cm³/mol. The lowest BCUT2D eigenvalue weighted by Crippen LogP contribution is -2.64.